The molecule has 13 heteroatoms. The van der Waals surface area contributed by atoms with Crippen molar-refractivity contribution >= 4 is 19.7 Å². The van der Waals surface area contributed by atoms with E-state index in [2.05, 4.69) is 26.1 Å². The van der Waals surface area contributed by atoms with Crippen molar-refractivity contribution in [1.29, 1.82) is 0 Å². The summed E-state index contributed by atoms with van der Waals surface area (Å²) in [6, 6.07) is -1.47. The Morgan fingerprint density at radius 1 is 0.545 bits per heavy atom. The molecular weight excluding hydrogens is 858 g/mol. The second-order valence-corrected chi connectivity index (χ2v) is 21.2. The highest BCUT2D eigenvalue weighted by molar-refractivity contribution is 7.46. The van der Waals surface area contributed by atoms with Crippen LogP contribution in [0, 0.1) is 5.92 Å². The number of hydrogen-bond donors (Lipinski definition) is 6. The predicted molar refractivity (Wildman–Crippen MR) is 268 cm³/mol. The molecule has 66 heavy (non-hydrogen) atoms. The lowest BCUT2D eigenvalue weighted by atomic mass is 9.91. The molecule has 1 saturated heterocycles. The van der Waals surface area contributed by atoms with Gasteiger partial charge < -0.3 is 39.9 Å². The van der Waals surface area contributed by atoms with Crippen LogP contribution in [0.4, 0.5) is 0 Å². The number of carbonyl (C=O) groups excluding carboxylic acids is 2. The monoisotopic (exact) mass is 962 g/mol. The lowest BCUT2D eigenvalue weighted by Crippen LogP contribution is -2.65. The average molecular weight is 962 g/mol. The first-order chi connectivity index (χ1) is 31.9. The molecule has 0 spiro atoms. The molecule has 1 aliphatic rings. The molecule has 0 aromatic rings. The number of unbranched alkanes of at least 4 members (excludes halogenated alkanes) is 32. The Bertz CT molecular complexity index is 1170. The second-order valence-electron chi connectivity index (χ2n) is 20.0. The Balaban J connectivity index is 2.82. The molecule has 0 aromatic carbocycles. The number of rotatable bonds is 47. The molecule has 1 amide bonds. The van der Waals surface area contributed by atoms with Gasteiger partial charge in [0.1, 0.15) is 18.2 Å². The van der Waals surface area contributed by atoms with Crippen LogP contribution in [0.2, 0.25) is 0 Å². The van der Waals surface area contributed by atoms with Crippen molar-refractivity contribution < 1.29 is 53.3 Å². The minimum Gasteiger partial charge on any atom is -0.457 e. The van der Waals surface area contributed by atoms with Crippen LogP contribution in [0.15, 0.2) is 0 Å². The van der Waals surface area contributed by atoms with Gasteiger partial charge in [-0.15, -0.1) is 0 Å². The third-order valence-electron chi connectivity index (χ3n) is 13.6. The summed E-state index contributed by atoms with van der Waals surface area (Å²) < 4.78 is 28.6. The maximum Gasteiger partial charge on any atom is 0.470 e. The zero-order valence-electron chi connectivity index (χ0n) is 42.7. The molecular formula is C53H104NO11P. The average Bonchev–Trinajstić information content (AvgIpc) is 3.27. The van der Waals surface area contributed by atoms with Gasteiger partial charge in [0, 0.05) is 6.42 Å². The van der Waals surface area contributed by atoms with E-state index in [9.17, 15) is 39.3 Å². The van der Waals surface area contributed by atoms with Gasteiger partial charge in [-0.25, -0.2) is 4.57 Å². The van der Waals surface area contributed by atoms with E-state index >= 15 is 0 Å². The lowest BCUT2D eigenvalue weighted by molar-refractivity contribution is -0.256. The van der Waals surface area contributed by atoms with Crippen LogP contribution in [0.1, 0.15) is 278 Å². The molecule has 0 bridgehead atoms. The number of aliphatic hydroxyl groups is 3. The SMILES string of the molecule is CCCCCCCCCCCCCCCCCCC(CCCCCCCCCCCC)CC(=O)O[C@H]1[C@H](OP(=O)(O)O)[C@@H](CO)OC(O)[C@@H]1NC(=O)CC(O)CCCCCCCCCCC. The van der Waals surface area contributed by atoms with Gasteiger partial charge in [0.15, 0.2) is 12.4 Å². The van der Waals surface area contributed by atoms with Crippen LogP contribution >= 0.6 is 7.82 Å². The first-order valence-electron chi connectivity index (χ1n) is 27.8. The van der Waals surface area contributed by atoms with E-state index in [0.29, 0.717) is 6.42 Å². The zero-order chi connectivity index (χ0) is 48.5. The molecule has 1 aliphatic heterocycles. The van der Waals surface area contributed by atoms with Gasteiger partial charge in [-0.05, 0) is 25.2 Å². The van der Waals surface area contributed by atoms with Gasteiger partial charge in [0.25, 0.3) is 0 Å². The van der Waals surface area contributed by atoms with Gasteiger partial charge in [0.2, 0.25) is 5.91 Å². The minimum atomic E-state index is -5.22. The van der Waals surface area contributed by atoms with Gasteiger partial charge >= 0.3 is 13.8 Å². The summed E-state index contributed by atoms with van der Waals surface area (Å²) in [5, 5.41) is 34.4. The Labute approximate surface area is 403 Å². The minimum absolute atomic E-state index is 0.0296. The largest absolute Gasteiger partial charge is 0.470 e. The molecule has 0 saturated carbocycles. The van der Waals surface area contributed by atoms with E-state index in [1.807, 2.05) is 0 Å². The highest BCUT2D eigenvalue weighted by Crippen LogP contribution is 2.42. The fraction of sp³-hybridized carbons (Fsp3) is 0.962. The fourth-order valence-corrected chi connectivity index (χ4v) is 10.2. The van der Waals surface area contributed by atoms with Crippen molar-refractivity contribution in [1.82, 2.24) is 5.32 Å². The number of carbonyl (C=O) groups is 2. The van der Waals surface area contributed by atoms with E-state index in [1.165, 1.54) is 161 Å². The van der Waals surface area contributed by atoms with E-state index in [0.717, 1.165) is 77.0 Å². The maximum absolute atomic E-state index is 13.8. The van der Waals surface area contributed by atoms with Gasteiger partial charge in [-0.2, -0.15) is 0 Å². The summed E-state index contributed by atoms with van der Waals surface area (Å²) in [5.74, 6) is -1.25. The zero-order valence-corrected chi connectivity index (χ0v) is 43.6. The number of esters is 1. The quantitative estimate of drug-likeness (QED) is 0.0193. The van der Waals surface area contributed by atoms with Crippen LogP contribution in [-0.2, 0) is 28.2 Å². The first-order valence-corrected chi connectivity index (χ1v) is 29.3. The van der Waals surface area contributed by atoms with Crippen molar-refractivity contribution in [2.45, 2.75) is 314 Å². The Morgan fingerprint density at radius 2 is 0.894 bits per heavy atom. The topological polar surface area (TPSA) is 192 Å². The Hall–Kier alpha value is -1.11. The Kier molecular flexibility index (Phi) is 40.7. The molecule has 1 heterocycles. The van der Waals surface area contributed by atoms with E-state index in [1.54, 1.807) is 0 Å². The molecule has 0 aliphatic carbocycles. The summed E-state index contributed by atoms with van der Waals surface area (Å²) in [6.45, 7) is 5.90. The standard InChI is InChI=1S/C53H104NO11P/c1-4-7-10-13-16-19-21-22-23-24-25-26-29-31-34-37-40-45(39-36-33-30-28-20-17-14-11-8-5-2)42-49(58)64-52-50(53(59)63-47(44-55)51(52)65-66(60,61)62)54-48(57)43-46(56)41-38-35-32-27-18-15-12-9-6-3/h45-47,50-53,55-56,59H,4-44H2,1-3H3,(H,54,57)(H2,60,61,62)/t45?,46?,47-,50-,51-,52-,53?/m1/s1. The van der Waals surface area contributed by atoms with Gasteiger partial charge in [0.05, 0.1) is 19.1 Å². The predicted octanol–water partition coefficient (Wildman–Crippen LogP) is 13.2. The number of amides is 1. The highest BCUT2D eigenvalue weighted by Gasteiger charge is 2.51. The Morgan fingerprint density at radius 3 is 1.24 bits per heavy atom. The summed E-state index contributed by atoms with van der Waals surface area (Å²) in [4.78, 5) is 46.8. The molecule has 392 valence electrons. The maximum atomic E-state index is 13.8. The summed E-state index contributed by atoms with van der Waals surface area (Å²) in [7, 11) is -5.22. The molecule has 0 aromatic heterocycles. The van der Waals surface area contributed by atoms with Crippen molar-refractivity contribution in [3.05, 3.63) is 0 Å². The van der Waals surface area contributed by atoms with Gasteiger partial charge in [-0.3, -0.25) is 14.1 Å². The first kappa shape index (κ1) is 62.9. The molecule has 1 fully saturated rings. The van der Waals surface area contributed by atoms with Crippen LogP contribution < -0.4 is 5.32 Å². The van der Waals surface area contributed by atoms with E-state index in [-0.39, 0.29) is 18.8 Å². The number of phosphoric acid groups is 1. The van der Waals surface area contributed by atoms with Crippen molar-refractivity contribution in [3.63, 3.8) is 0 Å². The van der Waals surface area contributed by atoms with Crippen LogP contribution in [0.5, 0.6) is 0 Å². The molecule has 1 rings (SSSR count). The smallest absolute Gasteiger partial charge is 0.457 e. The van der Waals surface area contributed by atoms with Crippen molar-refractivity contribution in [3.8, 4) is 0 Å². The molecule has 3 unspecified atom stereocenters. The van der Waals surface area contributed by atoms with Crippen LogP contribution in [0.25, 0.3) is 0 Å². The van der Waals surface area contributed by atoms with Crippen molar-refractivity contribution in [2.75, 3.05) is 6.61 Å². The number of ether oxygens (including phenoxy) is 2. The number of hydrogen-bond acceptors (Lipinski definition) is 9. The van der Waals surface area contributed by atoms with E-state index < -0.39 is 63.1 Å². The summed E-state index contributed by atoms with van der Waals surface area (Å²) >= 11 is 0. The number of aliphatic hydroxyl groups excluding tert-OH is 3. The molecule has 0 radical (unpaired) electrons. The van der Waals surface area contributed by atoms with E-state index in [4.69, 9.17) is 14.0 Å². The highest BCUT2D eigenvalue weighted by atomic mass is 31.2. The normalized spacial score (nSPS) is 19.8. The van der Waals surface area contributed by atoms with Crippen molar-refractivity contribution in [2.24, 2.45) is 5.92 Å². The molecule has 12 nitrogen and oxygen atoms in total. The third-order valence-corrected chi connectivity index (χ3v) is 14.2. The number of nitrogens with one attached hydrogen (secondary N) is 1. The molecule has 7 atom stereocenters. The molecule has 6 N–H and O–H groups in total. The fourth-order valence-electron chi connectivity index (χ4n) is 9.58. The van der Waals surface area contributed by atoms with Crippen LogP contribution in [0.3, 0.4) is 0 Å². The lowest BCUT2D eigenvalue weighted by Gasteiger charge is -2.43. The number of phosphoric ester groups is 1. The summed E-state index contributed by atoms with van der Waals surface area (Å²) in [6.07, 6.45) is 37.2. The summed E-state index contributed by atoms with van der Waals surface area (Å²) in [5.41, 5.74) is 0. The van der Waals surface area contributed by atoms with Crippen LogP contribution in [-0.4, -0.2) is 80.3 Å². The van der Waals surface area contributed by atoms with Gasteiger partial charge in [-0.1, -0.05) is 245 Å². The third kappa shape index (κ3) is 35.1. The second kappa shape index (κ2) is 42.7.